The zero-order chi connectivity index (χ0) is 9.42. The number of nitrogens with two attached hydrogens (primary N) is 2. The van der Waals surface area contributed by atoms with Crippen LogP contribution >= 0.6 is 0 Å². The van der Waals surface area contributed by atoms with E-state index in [-0.39, 0.29) is 0 Å². The van der Waals surface area contributed by atoms with Crippen molar-refractivity contribution in [1.82, 2.24) is 0 Å². The van der Waals surface area contributed by atoms with Gasteiger partial charge in [0.15, 0.2) is 6.10 Å². The first-order valence-electron chi connectivity index (χ1n) is 4.00. The molecule has 0 saturated heterocycles. The molecule has 4 heteroatoms. The van der Waals surface area contributed by atoms with Crippen molar-refractivity contribution in [3.8, 4) is 5.75 Å². The molecule has 2 atom stereocenters. The molecule has 0 radical (unpaired) electrons. The smallest absolute Gasteiger partial charge is 0.260 e. The van der Waals surface area contributed by atoms with Crippen LogP contribution in [-0.2, 0) is 4.79 Å². The van der Waals surface area contributed by atoms with Gasteiger partial charge in [0.1, 0.15) is 5.75 Å². The van der Waals surface area contributed by atoms with Crippen LogP contribution in [0.3, 0.4) is 0 Å². The summed E-state index contributed by atoms with van der Waals surface area (Å²) in [6.07, 6.45) is -0.725. The van der Waals surface area contributed by atoms with Gasteiger partial charge in [-0.1, -0.05) is 18.2 Å². The Morgan fingerprint density at radius 3 is 2.69 bits per heavy atom. The van der Waals surface area contributed by atoms with Crippen molar-refractivity contribution in [2.24, 2.45) is 11.5 Å². The molecule has 0 aromatic heterocycles. The molecule has 1 aliphatic heterocycles. The van der Waals surface area contributed by atoms with Gasteiger partial charge in [-0.15, -0.1) is 0 Å². The first-order valence-corrected chi connectivity index (χ1v) is 4.00. The molecule has 0 spiro atoms. The third-order valence-electron chi connectivity index (χ3n) is 2.14. The summed E-state index contributed by atoms with van der Waals surface area (Å²) in [5.41, 5.74) is 11.7. The van der Waals surface area contributed by atoms with Gasteiger partial charge in [-0.05, 0) is 6.07 Å². The molecule has 68 valence electrons. The van der Waals surface area contributed by atoms with E-state index in [9.17, 15) is 4.79 Å². The SMILES string of the molecule is NC(=O)C1Oc2ccccc2C1N. The highest BCUT2D eigenvalue weighted by Crippen LogP contribution is 2.34. The van der Waals surface area contributed by atoms with Crippen molar-refractivity contribution in [1.29, 1.82) is 0 Å². The molecule has 0 fully saturated rings. The summed E-state index contributed by atoms with van der Waals surface area (Å²) in [6, 6.07) is 6.86. The minimum atomic E-state index is -0.725. The Morgan fingerprint density at radius 1 is 1.38 bits per heavy atom. The van der Waals surface area contributed by atoms with Gasteiger partial charge >= 0.3 is 0 Å². The Morgan fingerprint density at radius 2 is 2.08 bits per heavy atom. The molecule has 0 saturated carbocycles. The summed E-state index contributed by atoms with van der Waals surface area (Å²) >= 11 is 0. The second-order valence-electron chi connectivity index (χ2n) is 3.00. The van der Waals surface area contributed by atoms with E-state index in [0.717, 1.165) is 5.56 Å². The maximum atomic E-state index is 10.9. The average molecular weight is 178 g/mol. The first-order chi connectivity index (χ1) is 6.20. The lowest BCUT2D eigenvalue weighted by Gasteiger charge is -2.09. The van der Waals surface area contributed by atoms with Crippen molar-refractivity contribution in [3.63, 3.8) is 0 Å². The van der Waals surface area contributed by atoms with Crippen LogP contribution in [0.5, 0.6) is 5.75 Å². The van der Waals surface area contributed by atoms with E-state index in [0.29, 0.717) is 5.75 Å². The summed E-state index contributed by atoms with van der Waals surface area (Å²) in [7, 11) is 0. The molecule has 13 heavy (non-hydrogen) atoms. The Kier molecular flexibility index (Phi) is 1.70. The largest absolute Gasteiger partial charge is 0.478 e. The molecule has 4 N–H and O–H groups in total. The maximum Gasteiger partial charge on any atom is 0.260 e. The summed E-state index contributed by atoms with van der Waals surface area (Å²) in [6.45, 7) is 0. The number of rotatable bonds is 1. The number of amides is 1. The average Bonchev–Trinajstić information content (AvgIpc) is 2.45. The number of hydrogen-bond donors (Lipinski definition) is 2. The molecule has 1 aliphatic rings. The van der Waals surface area contributed by atoms with E-state index in [1.807, 2.05) is 18.2 Å². The van der Waals surface area contributed by atoms with Crippen LogP contribution in [-0.4, -0.2) is 12.0 Å². The lowest BCUT2D eigenvalue weighted by Crippen LogP contribution is -2.38. The van der Waals surface area contributed by atoms with E-state index in [2.05, 4.69) is 0 Å². The van der Waals surface area contributed by atoms with Crippen molar-refractivity contribution in [2.75, 3.05) is 0 Å². The normalized spacial score (nSPS) is 25.0. The second-order valence-corrected chi connectivity index (χ2v) is 3.00. The topological polar surface area (TPSA) is 78.3 Å². The molecule has 0 aliphatic carbocycles. The molecule has 2 unspecified atom stereocenters. The van der Waals surface area contributed by atoms with Crippen molar-refractivity contribution >= 4 is 5.91 Å². The monoisotopic (exact) mass is 178 g/mol. The van der Waals surface area contributed by atoms with Gasteiger partial charge in [0.25, 0.3) is 5.91 Å². The van der Waals surface area contributed by atoms with E-state index >= 15 is 0 Å². The minimum Gasteiger partial charge on any atom is -0.478 e. The highest BCUT2D eigenvalue weighted by molar-refractivity contribution is 5.81. The third kappa shape index (κ3) is 1.15. The van der Waals surface area contributed by atoms with E-state index in [4.69, 9.17) is 16.2 Å². The summed E-state index contributed by atoms with van der Waals surface area (Å²) in [4.78, 5) is 10.9. The lowest BCUT2D eigenvalue weighted by molar-refractivity contribution is -0.124. The molecular formula is C9H10N2O2. The number of hydrogen-bond acceptors (Lipinski definition) is 3. The van der Waals surface area contributed by atoms with Crippen molar-refractivity contribution in [2.45, 2.75) is 12.1 Å². The van der Waals surface area contributed by atoms with Crippen LogP contribution in [0.4, 0.5) is 0 Å². The molecule has 4 nitrogen and oxygen atoms in total. The number of benzene rings is 1. The van der Waals surface area contributed by atoms with Crippen LogP contribution in [0.15, 0.2) is 24.3 Å². The fourth-order valence-electron chi connectivity index (χ4n) is 1.47. The quantitative estimate of drug-likeness (QED) is 0.632. The first kappa shape index (κ1) is 8.07. The standard InChI is InChI=1S/C9H10N2O2/c10-7-5-3-1-2-4-6(5)13-8(7)9(11)12/h1-4,7-8H,10H2,(H2,11,12). The second kappa shape index (κ2) is 2.74. The lowest BCUT2D eigenvalue weighted by atomic mass is 10.0. The fourth-order valence-corrected chi connectivity index (χ4v) is 1.47. The Balaban J connectivity index is 2.38. The predicted molar refractivity (Wildman–Crippen MR) is 47.0 cm³/mol. The zero-order valence-corrected chi connectivity index (χ0v) is 6.94. The van der Waals surface area contributed by atoms with Crippen molar-refractivity contribution < 1.29 is 9.53 Å². The van der Waals surface area contributed by atoms with E-state index in [1.54, 1.807) is 6.07 Å². The minimum absolute atomic E-state index is 0.436. The van der Waals surface area contributed by atoms with Gasteiger partial charge in [-0.3, -0.25) is 4.79 Å². The predicted octanol–water partition coefficient (Wildman–Crippen LogP) is -0.0673. The number of primary amides is 1. The number of carbonyl (C=O) groups excluding carboxylic acids is 1. The Labute approximate surface area is 75.5 Å². The van der Waals surface area contributed by atoms with Crippen LogP contribution in [0, 0.1) is 0 Å². The van der Waals surface area contributed by atoms with Gasteiger partial charge in [0, 0.05) is 5.56 Å². The summed E-state index contributed by atoms with van der Waals surface area (Å²) in [5.74, 6) is 0.127. The number of ether oxygens (including phenoxy) is 1. The molecule has 1 aromatic rings. The molecule has 0 bridgehead atoms. The third-order valence-corrected chi connectivity index (χ3v) is 2.14. The van der Waals surface area contributed by atoms with Crippen LogP contribution in [0.2, 0.25) is 0 Å². The molecule has 1 amide bonds. The van der Waals surface area contributed by atoms with Gasteiger partial charge in [-0.2, -0.15) is 0 Å². The van der Waals surface area contributed by atoms with Gasteiger partial charge in [0.2, 0.25) is 0 Å². The van der Waals surface area contributed by atoms with Crippen LogP contribution in [0.25, 0.3) is 0 Å². The Bertz CT molecular complexity index is 351. The number of para-hydroxylation sites is 1. The van der Waals surface area contributed by atoms with E-state index in [1.165, 1.54) is 0 Å². The maximum absolute atomic E-state index is 10.9. The zero-order valence-electron chi connectivity index (χ0n) is 6.94. The van der Waals surface area contributed by atoms with Gasteiger partial charge in [-0.25, -0.2) is 0 Å². The summed E-state index contributed by atoms with van der Waals surface area (Å²) < 4.78 is 5.28. The highest BCUT2D eigenvalue weighted by Gasteiger charge is 2.34. The molecule has 1 heterocycles. The van der Waals surface area contributed by atoms with Gasteiger partial charge in [0.05, 0.1) is 6.04 Å². The van der Waals surface area contributed by atoms with Crippen molar-refractivity contribution in [3.05, 3.63) is 29.8 Å². The fraction of sp³-hybridized carbons (Fsp3) is 0.222. The Hall–Kier alpha value is -1.55. The van der Waals surface area contributed by atoms with E-state index < -0.39 is 18.1 Å². The van der Waals surface area contributed by atoms with Crippen LogP contribution in [0.1, 0.15) is 11.6 Å². The molecule has 1 aromatic carbocycles. The van der Waals surface area contributed by atoms with Gasteiger partial charge < -0.3 is 16.2 Å². The number of fused-ring (bicyclic) bond motifs is 1. The molecular weight excluding hydrogens is 168 g/mol. The molecule has 2 rings (SSSR count). The summed E-state index contributed by atoms with van der Waals surface area (Å²) in [5, 5.41) is 0. The highest BCUT2D eigenvalue weighted by atomic mass is 16.5. The number of carbonyl (C=O) groups is 1. The van der Waals surface area contributed by atoms with Crippen LogP contribution < -0.4 is 16.2 Å².